The monoisotopic (exact) mass is 443 g/mol. The number of hydrogen-bond donors (Lipinski definition) is 2. The van der Waals surface area contributed by atoms with E-state index in [2.05, 4.69) is 29.8 Å². The van der Waals surface area contributed by atoms with Gasteiger partial charge in [0.15, 0.2) is 0 Å². The molecular formula is C24H27Cl2N3O. The van der Waals surface area contributed by atoms with Crippen LogP contribution in [0.5, 0.6) is 0 Å². The van der Waals surface area contributed by atoms with Crippen LogP contribution >= 0.6 is 23.2 Å². The summed E-state index contributed by atoms with van der Waals surface area (Å²) in [5, 5.41) is 8.57. The molecule has 4 rings (SSSR count). The molecule has 0 aliphatic heterocycles. The molecule has 30 heavy (non-hydrogen) atoms. The fraction of sp³-hybridized carbons (Fsp3) is 0.375. The van der Waals surface area contributed by atoms with Crippen LogP contribution in [-0.2, 0) is 30.6 Å². The van der Waals surface area contributed by atoms with E-state index in [0.29, 0.717) is 10.0 Å². The van der Waals surface area contributed by atoms with Gasteiger partial charge in [0.05, 0.1) is 15.6 Å². The normalized spacial score (nSPS) is 13.4. The number of halogens is 2. The maximum Gasteiger partial charge on any atom is 0.244 e. The van der Waals surface area contributed by atoms with Crippen molar-refractivity contribution < 1.29 is 4.79 Å². The van der Waals surface area contributed by atoms with E-state index in [4.69, 9.17) is 23.2 Å². The summed E-state index contributed by atoms with van der Waals surface area (Å²) >= 11 is 12.6. The highest BCUT2D eigenvalue weighted by atomic mass is 35.5. The number of aromatic nitrogens is 1. The summed E-state index contributed by atoms with van der Waals surface area (Å²) < 4.78 is 1.98. The topological polar surface area (TPSA) is 46.1 Å². The van der Waals surface area contributed by atoms with E-state index in [-0.39, 0.29) is 12.5 Å². The average molecular weight is 444 g/mol. The summed E-state index contributed by atoms with van der Waals surface area (Å²) in [7, 11) is 0. The zero-order valence-corrected chi connectivity index (χ0v) is 18.7. The number of likely N-dealkylation sites (N-methyl/N-ethyl adjacent to an activating group) is 1. The molecule has 1 aromatic heterocycles. The highest BCUT2D eigenvalue weighted by Gasteiger charge is 2.17. The van der Waals surface area contributed by atoms with E-state index in [1.54, 1.807) is 0 Å². The van der Waals surface area contributed by atoms with Crippen LogP contribution < -0.4 is 10.6 Å². The van der Waals surface area contributed by atoms with E-state index in [1.807, 2.05) is 28.8 Å². The molecule has 2 aromatic carbocycles. The maximum absolute atomic E-state index is 12.9. The molecule has 4 nitrogen and oxygen atoms in total. The molecule has 1 heterocycles. The van der Waals surface area contributed by atoms with Crippen molar-refractivity contribution >= 4 is 45.7 Å². The fourth-order valence-corrected chi connectivity index (χ4v) is 4.65. The number of nitrogens with zero attached hydrogens (tertiary/aromatic N) is 1. The van der Waals surface area contributed by atoms with Gasteiger partial charge in [-0.15, -0.1) is 0 Å². The van der Waals surface area contributed by atoms with E-state index >= 15 is 0 Å². The standard InChI is InChI=1S/C24H27Cl2N3O/c1-2-27-11-10-17-14-29(23-13-21(26)20(25)12-19(17)23)15-24(30)28-22-9-5-7-16-6-3-4-8-18(16)22/h5,7,9,12-14,27H,2-4,6,8,10-11,15H2,1H3,(H,28,30). The number of benzene rings is 2. The molecule has 2 N–H and O–H groups in total. The predicted octanol–water partition coefficient (Wildman–Crippen LogP) is 5.62. The first-order chi connectivity index (χ1) is 14.6. The highest BCUT2D eigenvalue weighted by Crippen LogP contribution is 2.32. The summed E-state index contributed by atoms with van der Waals surface area (Å²) in [6, 6.07) is 9.97. The summed E-state index contributed by atoms with van der Waals surface area (Å²) in [6.07, 6.45) is 7.43. The van der Waals surface area contributed by atoms with Crippen LogP contribution in [0.2, 0.25) is 10.0 Å². The highest BCUT2D eigenvalue weighted by molar-refractivity contribution is 6.42. The van der Waals surface area contributed by atoms with Gasteiger partial charge in [-0.3, -0.25) is 4.79 Å². The number of hydrogen-bond acceptors (Lipinski definition) is 2. The third-order valence-corrected chi connectivity index (χ3v) is 6.53. The van der Waals surface area contributed by atoms with Crippen LogP contribution in [0.3, 0.4) is 0 Å². The average Bonchev–Trinajstić information content (AvgIpc) is 3.05. The molecule has 158 valence electrons. The molecule has 0 unspecified atom stereocenters. The SMILES string of the molecule is CCNCCc1cn(CC(=O)Nc2cccc3c2CCCC3)c2cc(Cl)c(Cl)cc12. The number of aryl methyl sites for hydroxylation is 1. The Morgan fingerprint density at radius 2 is 1.93 bits per heavy atom. The van der Waals surface area contributed by atoms with E-state index < -0.39 is 0 Å². The Bertz CT molecular complexity index is 1070. The van der Waals surface area contributed by atoms with Gasteiger partial charge in [0.1, 0.15) is 6.54 Å². The van der Waals surface area contributed by atoms with Crippen molar-refractivity contribution in [2.45, 2.75) is 45.6 Å². The molecule has 0 atom stereocenters. The van der Waals surface area contributed by atoms with E-state index in [1.165, 1.54) is 24.0 Å². The first-order valence-electron chi connectivity index (χ1n) is 10.6. The number of rotatable bonds is 7. The van der Waals surface area contributed by atoms with Gasteiger partial charge < -0.3 is 15.2 Å². The van der Waals surface area contributed by atoms with Gasteiger partial charge in [0.2, 0.25) is 5.91 Å². The smallest absolute Gasteiger partial charge is 0.244 e. The summed E-state index contributed by atoms with van der Waals surface area (Å²) in [5.74, 6) is -0.0322. The lowest BCUT2D eigenvalue weighted by molar-refractivity contribution is -0.116. The Hall–Kier alpha value is -2.01. The fourth-order valence-electron chi connectivity index (χ4n) is 4.33. The van der Waals surface area contributed by atoms with Gasteiger partial charge in [-0.1, -0.05) is 42.3 Å². The second kappa shape index (κ2) is 9.42. The molecule has 0 bridgehead atoms. The van der Waals surface area contributed by atoms with Gasteiger partial charge in [0, 0.05) is 17.3 Å². The van der Waals surface area contributed by atoms with Crippen molar-refractivity contribution in [1.29, 1.82) is 0 Å². The predicted molar refractivity (Wildman–Crippen MR) is 126 cm³/mol. The van der Waals surface area contributed by atoms with Crippen molar-refractivity contribution in [3.63, 3.8) is 0 Å². The van der Waals surface area contributed by atoms with Crippen LogP contribution in [0.25, 0.3) is 10.9 Å². The number of carbonyl (C=O) groups is 1. The second-order valence-corrected chi connectivity index (χ2v) is 8.68. The lowest BCUT2D eigenvalue weighted by Gasteiger charge is -2.19. The third kappa shape index (κ3) is 4.51. The van der Waals surface area contributed by atoms with Crippen LogP contribution in [0, 0.1) is 0 Å². The minimum absolute atomic E-state index is 0.0322. The van der Waals surface area contributed by atoms with E-state index in [0.717, 1.165) is 54.5 Å². The Balaban J connectivity index is 1.58. The first-order valence-corrected chi connectivity index (χ1v) is 11.4. The molecule has 0 fully saturated rings. The second-order valence-electron chi connectivity index (χ2n) is 7.87. The van der Waals surface area contributed by atoms with Gasteiger partial charge in [-0.05, 0) is 80.1 Å². The lowest BCUT2D eigenvalue weighted by atomic mass is 9.90. The lowest BCUT2D eigenvalue weighted by Crippen LogP contribution is -2.20. The summed E-state index contributed by atoms with van der Waals surface area (Å²) in [4.78, 5) is 12.9. The van der Waals surface area contributed by atoms with Crippen LogP contribution in [0.1, 0.15) is 36.5 Å². The zero-order chi connectivity index (χ0) is 21.1. The zero-order valence-electron chi connectivity index (χ0n) is 17.2. The minimum Gasteiger partial charge on any atom is -0.338 e. The molecular weight excluding hydrogens is 417 g/mol. The van der Waals surface area contributed by atoms with E-state index in [9.17, 15) is 4.79 Å². The van der Waals surface area contributed by atoms with Crippen LogP contribution in [0.15, 0.2) is 36.5 Å². The molecule has 0 saturated carbocycles. The van der Waals surface area contributed by atoms with Gasteiger partial charge >= 0.3 is 0 Å². The Kier molecular flexibility index (Phi) is 6.67. The number of nitrogens with one attached hydrogen (secondary N) is 2. The Labute approximate surface area is 187 Å². The van der Waals surface area contributed by atoms with Crippen molar-refractivity contribution in [3.8, 4) is 0 Å². The number of fused-ring (bicyclic) bond motifs is 2. The van der Waals surface area contributed by atoms with Crippen molar-refractivity contribution in [1.82, 2.24) is 9.88 Å². The number of carbonyl (C=O) groups excluding carboxylic acids is 1. The third-order valence-electron chi connectivity index (χ3n) is 5.81. The van der Waals surface area contributed by atoms with Crippen molar-refractivity contribution in [3.05, 3.63) is 63.3 Å². The molecule has 0 spiro atoms. The summed E-state index contributed by atoms with van der Waals surface area (Å²) in [5.41, 5.74) is 5.69. The Morgan fingerprint density at radius 3 is 2.77 bits per heavy atom. The molecule has 3 aromatic rings. The largest absolute Gasteiger partial charge is 0.338 e. The molecule has 1 aliphatic carbocycles. The number of anilines is 1. The van der Waals surface area contributed by atoms with Crippen molar-refractivity contribution in [2.75, 3.05) is 18.4 Å². The molecule has 1 amide bonds. The minimum atomic E-state index is -0.0322. The Morgan fingerprint density at radius 1 is 1.13 bits per heavy atom. The first kappa shape index (κ1) is 21.2. The van der Waals surface area contributed by atoms with Gasteiger partial charge in [-0.25, -0.2) is 0 Å². The number of amides is 1. The molecule has 0 saturated heterocycles. The molecule has 1 aliphatic rings. The van der Waals surface area contributed by atoms with Crippen molar-refractivity contribution in [2.24, 2.45) is 0 Å². The molecule has 0 radical (unpaired) electrons. The van der Waals surface area contributed by atoms with Crippen LogP contribution in [-0.4, -0.2) is 23.6 Å². The van der Waals surface area contributed by atoms with Gasteiger partial charge in [0.25, 0.3) is 0 Å². The summed E-state index contributed by atoms with van der Waals surface area (Å²) in [6.45, 7) is 4.12. The molecule has 6 heteroatoms. The van der Waals surface area contributed by atoms with Crippen LogP contribution in [0.4, 0.5) is 5.69 Å². The maximum atomic E-state index is 12.9. The van der Waals surface area contributed by atoms with Gasteiger partial charge in [-0.2, -0.15) is 0 Å². The quantitative estimate of drug-likeness (QED) is 0.465.